The molecule has 0 saturated heterocycles. The van der Waals surface area contributed by atoms with E-state index in [4.69, 9.17) is 0 Å². The second-order valence-corrected chi connectivity index (χ2v) is 9.45. The van der Waals surface area contributed by atoms with Gasteiger partial charge in [-0.1, -0.05) is 108 Å². The van der Waals surface area contributed by atoms with Crippen molar-refractivity contribution in [1.29, 1.82) is 0 Å². The van der Waals surface area contributed by atoms with Crippen LogP contribution in [-0.4, -0.2) is 6.36 Å². The zero-order chi connectivity index (χ0) is 23.7. The van der Waals surface area contributed by atoms with Crippen LogP contribution in [0.2, 0.25) is 0 Å². The van der Waals surface area contributed by atoms with Crippen molar-refractivity contribution in [2.75, 3.05) is 0 Å². The minimum absolute atomic E-state index is 0.320. The number of rotatable bonds is 11. The number of ether oxygens (including phenoxy) is 1. The molecule has 0 aliphatic heterocycles. The highest BCUT2D eigenvalue weighted by atomic mass is 19.4. The molecular weight excluding hydrogens is 428 g/mol. The van der Waals surface area contributed by atoms with E-state index < -0.39 is 17.9 Å². The quantitative estimate of drug-likeness (QED) is 0.238. The zero-order valence-electron chi connectivity index (χ0n) is 19.6. The molecule has 0 aromatic heterocycles. The maximum atomic E-state index is 15.2. The fraction of sp³-hybridized carbons (Fsp3) is 0.571. The van der Waals surface area contributed by atoms with Crippen molar-refractivity contribution in [2.45, 2.75) is 90.3 Å². The molecule has 33 heavy (non-hydrogen) atoms. The molecule has 0 heterocycles. The molecule has 0 unspecified atom stereocenters. The van der Waals surface area contributed by atoms with E-state index in [1.807, 2.05) is 30.3 Å². The highest BCUT2D eigenvalue weighted by molar-refractivity contribution is 5.68. The summed E-state index contributed by atoms with van der Waals surface area (Å²) in [5, 5.41) is 0. The largest absolute Gasteiger partial charge is 0.573 e. The van der Waals surface area contributed by atoms with Gasteiger partial charge in [0.15, 0.2) is 11.6 Å². The lowest BCUT2D eigenvalue weighted by atomic mass is 9.77. The summed E-state index contributed by atoms with van der Waals surface area (Å²) in [5.41, 5.74) is 1.76. The summed E-state index contributed by atoms with van der Waals surface area (Å²) in [7, 11) is 0. The number of hydrogen-bond donors (Lipinski definition) is 0. The monoisotopic (exact) mass is 464 g/mol. The molecular formula is C28H36F4O. The van der Waals surface area contributed by atoms with Gasteiger partial charge in [0.05, 0.1) is 0 Å². The average molecular weight is 465 g/mol. The molecule has 2 aromatic rings. The summed E-state index contributed by atoms with van der Waals surface area (Å²) in [4.78, 5) is 0. The van der Waals surface area contributed by atoms with Gasteiger partial charge in [0, 0.05) is 0 Å². The van der Waals surface area contributed by atoms with Crippen molar-refractivity contribution in [3.63, 3.8) is 0 Å². The smallest absolute Gasteiger partial charge is 0.403 e. The first kappa shape index (κ1) is 25.6. The Kier molecular flexibility index (Phi) is 9.64. The van der Waals surface area contributed by atoms with Crippen molar-refractivity contribution in [3.8, 4) is 16.9 Å². The van der Waals surface area contributed by atoms with Gasteiger partial charge in [-0.3, -0.25) is 0 Å². The molecule has 182 valence electrons. The van der Waals surface area contributed by atoms with Crippen LogP contribution in [0.15, 0.2) is 42.5 Å². The molecule has 1 saturated carbocycles. The first-order valence-corrected chi connectivity index (χ1v) is 12.5. The van der Waals surface area contributed by atoms with Gasteiger partial charge in [-0.15, -0.1) is 13.2 Å². The molecule has 1 nitrogen and oxygen atoms in total. The predicted molar refractivity (Wildman–Crippen MR) is 126 cm³/mol. The molecule has 0 spiro atoms. The fourth-order valence-electron chi connectivity index (χ4n) is 5.13. The van der Waals surface area contributed by atoms with Crippen molar-refractivity contribution >= 4 is 0 Å². The third kappa shape index (κ3) is 8.04. The van der Waals surface area contributed by atoms with E-state index in [2.05, 4.69) is 11.7 Å². The molecule has 0 amide bonds. The van der Waals surface area contributed by atoms with Gasteiger partial charge in [-0.25, -0.2) is 4.39 Å². The van der Waals surface area contributed by atoms with E-state index in [0.717, 1.165) is 36.8 Å². The predicted octanol–water partition coefficient (Wildman–Crippen LogP) is 9.49. The Morgan fingerprint density at radius 1 is 0.818 bits per heavy atom. The molecule has 0 radical (unpaired) electrons. The third-order valence-electron chi connectivity index (χ3n) is 7.00. The molecule has 5 heteroatoms. The molecule has 1 aliphatic carbocycles. The molecule has 1 aliphatic rings. The Hall–Kier alpha value is -2.04. The zero-order valence-corrected chi connectivity index (χ0v) is 19.6. The van der Waals surface area contributed by atoms with Crippen LogP contribution in [0.5, 0.6) is 5.75 Å². The van der Waals surface area contributed by atoms with Crippen LogP contribution in [-0.2, 0) is 6.42 Å². The lowest BCUT2D eigenvalue weighted by Gasteiger charge is -2.29. The second-order valence-electron chi connectivity index (χ2n) is 9.45. The summed E-state index contributed by atoms with van der Waals surface area (Å²) in [6.45, 7) is 2.23. The summed E-state index contributed by atoms with van der Waals surface area (Å²) >= 11 is 0. The number of hydrogen-bond acceptors (Lipinski definition) is 1. The van der Waals surface area contributed by atoms with Crippen LogP contribution >= 0.6 is 0 Å². The van der Waals surface area contributed by atoms with E-state index >= 15 is 4.39 Å². The number of halogens is 4. The van der Waals surface area contributed by atoms with Crippen LogP contribution in [0.1, 0.15) is 83.1 Å². The molecule has 0 atom stereocenters. The summed E-state index contributed by atoms with van der Waals surface area (Å²) in [6, 6.07) is 11.9. The fourth-order valence-corrected chi connectivity index (χ4v) is 5.13. The Balaban J connectivity index is 1.62. The van der Waals surface area contributed by atoms with Crippen LogP contribution in [0.3, 0.4) is 0 Å². The van der Waals surface area contributed by atoms with Gasteiger partial charge in [0.25, 0.3) is 0 Å². The van der Waals surface area contributed by atoms with Crippen LogP contribution in [0, 0.1) is 17.7 Å². The Labute approximate surface area is 195 Å². The Bertz CT molecular complexity index is 839. The van der Waals surface area contributed by atoms with Gasteiger partial charge < -0.3 is 4.74 Å². The Morgan fingerprint density at radius 3 is 2.09 bits per heavy atom. The van der Waals surface area contributed by atoms with E-state index in [1.54, 1.807) is 6.07 Å². The van der Waals surface area contributed by atoms with Crippen molar-refractivity contribution in [3.05, 3.63) is 53.8 Å². The topological polar surface area (TPSA) is 9.23 Å². The van der Waals surface area contributed by atoms with Gasteiger partial charge in [0.2, 0.25) is 0 Å². The van der Waals surface area contributed by atoms with Crippen LogP contribution in [0.25, 0.3) is 11.1 Å². The SMILES string of the molecule is CCCCCCCC1CCC(CCc2c(-c3ccccc3)ccc(OC(F)(F)F)c2F)CC1. The lowest BCUT2D eigenvalue weighted by Crippen LogP contribution is -2.19. The average Bonchev–Trinajstić information content (AvgIpc) is 2.80. The van der Waals surface area contributed by atoms with Crippen LogP contribution < -0.4 is 4.74 Å². The van der Waals surface area contributed by atoms with E-state index in [1.165, 1.54) is 51.4 Å². The highest BCUT2D eigenvalue weighted by Crippen LogP contribution is 2.38. The van der Waals surface area contributed by atoms with Crippen molar-refractivity contribution < 1.29 is 22.3 Å². The van der Waals surface area contributed by atoms with Gasteiger partial charge in [-0.2, -0.15) is 0 Å². The van der Waals surface area contributed by atoms with E-state index in [9.17, 15) is 13.2 Å². The minimum atomic E-state index is -4.92. The van der Waals surface area contributed by atoms with Gasteiger partial charge >= 0.3 is 6.36 Å². The van der Waals surface area contributed by atoms with Crippen molar-refractivity contribution in [2.24, 2.45) is 11.8 Å². The van der Waals surface area contributed by atoms with E-state index in [-0.39, 0.29) is 0 Å². The first-order chi connectivity index (χ1) is 15.9. The minimum Gasteiger partial charge on any atom is -0.403 e. The molecule has 0 bridgehead atoms. The summed E-state index contributed by atoms with van der Waals surface area (Å²) in [5.74, 6) is -0.349. The maximum Gasteiger partial charge on any atom is 0.573 e. The summed E-state index contributed by atoms with van der Waals surface area (Å²) in [6.07, 6.45) is 8.83. The lowest BCUT2D eigenvalue weighted by molar-refractivity contribution is -0.275. The molecule has 1 fully saturated rings. The number of unbranched alkanes of at least 4 members (excludes halogenated alkanes) is 4. The molecule has 0 N–H and O–H groups in total. The molecule has 2 aromatic carbocycles. The standard InChI is InChI=1S/C28H36F4O/c1-2-3-4-5-7-10-21-13-15-22(16-14-21)17-18-25-24(23-11-8-6-9-12-23)19-20-26(27(25)29)33-28(30,31)32/h6,8-9,11-12,19-22H,2-5,7,10,13-18H2,1H3. The third-order valence-corrected chi connectivity index (χ3v) is 7.00. The van der Waals surface area contributed by atoms with E-state index in [0.29, 0.717) is 23.5 Å². The first-order valence-electron chi connectivity index (χ1n) is 12.5. The van der Waals surface area contributed by atoms with Gasteiger partial charge in [-0.05, 0) is 47.4 Å². The van der Waals surface area contributed by atoms with Gasteiger partial charge in [0.1, 0.15) is 0 Å². The van der Waals surface area contributed by atoms with Crippen molar-refractivity contribution in [1.82, 2.24) is 0 Å². The normalized spacial score (nSPS) is 18.9. The summed E-state index contributed by atoms with van der Waals surface area (Å²) < 4.78 is 57.4. The van der Waals surface area contributed by atoms with Crippen LogP contribution in [0.4, 0.5) is 17.6 Å². The molecule has 3 rings (SSSR count). The maximum absolute atomic E-state index is 15.2. The number of benzene rings is 2. The highest BCUT2D eigenvalue weighted by Gasteiger charge is 2.33. The second kappa shape index (κ2) is 12.4. The Morgan fingerprint density at radius 2 is 1.45 bits per heavy atom. The number of alkyl halides is 3.